The van der Waals surface area contributed by atoms with Gasteiger partial charge >= 0.3 is 0 Å². The fourth-order valence-electron chi connectivity index (χ4n) is 2.83. The predicted octanol–water partition coefficient (Wildman–Crippen LogP) is 4.07. The maximum Gasteiger partial charge on any atom is 0.123 e. The van der Waals surface area contributed by atoms with Gasteiger partial charge in [0.25, 0.3) is 0 Å². The second kappa shape index (κ2) is 5.76. The van der Waals surface area contributed by atoms with E-state index >= 15 is 0 Å². The lowest BCUT2D eigenvalue weighted by Gasteiger charge is -2.41. The van der Waals surface area contributed by atoms with E-state index in [1.807, 2.05) is 11.8 Å². The van der Waals surface area contributed by atoms with Gasteiger partial charge in [0, 0.05) is 22.1 Å². The molecule has 0 bridgehead atoms. The average molecular weight is 279 g/mol. The van der Waals surface area contributed by atoms with Crippen LogP contribution < -0.4 is 10.1 Å². The maximum atomic E-state index is 5.55. The molecule has 0 radical (unpaired) electrons. The van der Waals surface area contributed by atoms with Crippen molar-refractivity contribution in [3.63, 3.8) is 0 Å². The molecule has 19 heavy (non-hydrogen) atoms. The fraction of sp³-hybridized carbons (Fsp3) is 0.625. The molecule has 2 nitrogen and oxygen atoms in total. The van der Waals surface area contributed by atoms with Gasteiger partial charge in [0.1, 0.15) is 5.75 Å². The number of ether oxygens (including phenoxy) is 1. The molecular formula is C16H25NOS. The van der Waals surface area contributed by atoms with Crippen LogP contribution in [0.5, 0.6) is 5.75 Å². The molecule has 0 amide bonds. The molecule has 0 aromatic heterocycles. The smallest absolute Gasteiger partial charge is 0.123 e. The number of rotatable bonds is 4. The molecule has 1 aromatic carbocycles. The van der Waals surface area contributed by atoms with Gasteiger partial charge in [-0.15, -0.1) is 11.8 Å². The average Bonchev–Trinajstić information content (AvgIpc) is 2.38. The first kappa shape index (κ1) is 14.7. The van der Waals surface area contributed by atoms with Crippen LogP contribution in [0.4, 0.5) is 0 Å². The summed E-state index contributed by atoms with van der Waals surface area (Å²) in [5, 5.41) is 3.73. The predicted molar refractivity (Wildman–Crippen MR) is 84.1 cm³/mol. The zero-order valence-corrected chi connectivity index (χ0v) is 13.5. The van der Waals surface area contributed by atoms with Crippen LogP contribution in [-0.2, 0) is 5.75 Å². The maximum absolute atomic E-state index is 5.55. The molecule has 1 aliphatic heterocycles. The van der Waals surface area contributed by atoms with Crippen molar-refractivity contribution in [2.75, 3.05) is 13.7 Å². The molecule has 0 saturated carbocycles. The van der Waals surface area contributed by atoms with Crippen LogP contribution in [0.15, 0.2) is 12.1 Å². The van der Waals surface area contributed by atoms with Gasteiger partial charge in [0.05, 0.1) is 7.11 Å². The third-order valence-electron chi connectivity index (χ3n) is 3.92. The van der Waals surface area contributed by atoms with E-state index in [4.69, 9.17) is 4.74 Å². The second-order valence-corrected chi connectivity index (χ2v) is 7.39. The van der Waals surface area contributed by atoms with Crippen molar-refractivity contribution in [2.24, 2.45) is 0 Å². The highest BCUT2D eigenvalue weighted by atomic mass is 32.2. The van der Waals surface area contributed by atoms with E-state index in [2.05, 4.69) is 45.1 Å². The van der Waals surface area contributed by atoms with E-state index in [1.54, 1.807) is 7.11 Å². The molecular weight excluding hydrogens is 254 g/mol. The van der Waals surface area contributed by atoms with Crippen molar-refractivity contribution >= 4 is 11.8 Å². The van der Waals surface area contributed by atoms with Gasteiger partial charge in [0.15, 0.2) is 0 Å². The Morgan fingerprint density at radius 1 is 1.42 bits per heavy atom. The van der Waals surface area contributed by atoms with E-state index < -0.39 is 0 Å². The van der Waals surface area contributed by atoms with Crippen LogP contribution in [-0.4, -0.2) is 18.4 Å². The molecule has 1 N–H and O–H groups in total. The summed E-state index contributed by atoms with van der Waals surface area (Å²) in [5.74, 6) is 2.07. The van der Waals surface area contributed by atoms with E-state index in [9.17, 15) is 0 Å². The quantitative estimate of drug-likeness (QED) is 0.897. The van der Waals surface area contributed by atoms with Crippen molar-refractivity contribution in [3.8, 4) is 5.75 Å². The van der Waals surface area contributed by atoms with E-state index in [0.717, 1.165) is 24.5 Å². The Labute approximate surface area is 121 Å². The van der Waals surface area contributed by atoms with Gasteiger partial charge in [-0.25, -0.2) is 0 Å². The van der Waals surface area contributed by atoms with Crippen LogP contribution in [0.1, 0.15) is 49.9 Å². The Morgan fingerprint density at radius 3 is 2.79 bits per heavy atom. The minimum atomic E-state index is 0.222. The molecule has 1 unspecified atom stereocenters. The summed E-state index contributed by atoms with van der Waals surface area (Å²) < 4.78 is 5.77. The lowest BCUT2D eigenvalue weighted by atomic mass is 9.87. The van der Waals surface area contributed by atoms with Gasteiger partial charge in [0.2, 0.25) is 0 Å². The topological polar surface area (TPSA) is 21.3 Å². The number of nitrogens with one attached hydrogen (secondary N) is 1. The molecule has 0 aliphatic carbocycles. The Kier molecular flexibility index (Phi) is 4.46. The van der Waals surface area contributed by atoms with Gasteiger partial charge in [-0.3, -0.25) is 0 Å². The normalized spacial score (nSPS) is 21.0. The SMILES string of the molecule is CCCNC1c2c(C)ccc(OC)c2CSC1(C)C. The van der Waals surface area contributed by atoms with Crippen LogP contribution in [0, 0.1) is 6.92 Å². The van der Waals surface area contributed by atoms with Crippen molar-refractivity contribution in [1.29, 1.82) is 0 Å². The number of thioether (sulfide) groups is 1. The van der Waals surface area contributed by atoms with Crippen molar-refractivity contribution in [2.45, 2.75) is 50.7 Å². The summed E-state index contributed by atoms with van der Waals surface area (Å²) in [5.41, 5.74) is 4.20. The fourth-order valence-corrected chi connectivity index (χ4v) is 4.01. The van der Waals surface area contributed by atoms with Gasteiger partial charge in [-0.2, -0.15) is 0 Å². The highest BCUT2D eigenvalue weighted by Crippen LogP contribution is 2.49. The summed E-state index contributed by atoms with van der Waals surface area (Å²) in [6.45, 7) is 10.2. The van der Waals surface area contributed by atoms with E-state index in [-0.39, 0.29) is 4.75 Å². The first-order valence-electron chi connectivity index (χ1n) is 7.05. The standard InChI is InChI=1S/C16H25NOS/c1-6-9-17-15-14-11(2)7-8-13(18-5)12(14)10-19-16(15,3)4/h7-8,15,17H,6,9-10H2,1-5H3. The number of fused-ring (bicyclic) bond motifs is 1. The first-order chi connectivity index (χ1) is 9.01. The Bertz CT molecular complexity index is 456. The molecule has 1 atom stereocenters. The third kappa shape index (κ3) is 2.77. The Morgan fingerprint density at radius 2 is 2.16 bits per heavy atom. The molecule has 1 heterocycles. The van der Waals surface area contributed by atoms with Gasteiger partial charge in [-0.1, -0.05) is 13.0 Å². The lowest BCUT2D eigenvalue weighted by Crippen LogP contribution is -2.40. The molecule has 3 heteroatoms. The highest BCUT2D eigenvalue weighted by molar-refractivity contribution is 8.00. The summed E-state index contributed by atoms with van der Waals surface area (Å²) in [4.78, 5) is 0. The minimum Gasteiger partial charge on any atom is -0.496 e. The summed E-state index contributed by atoms with van der Waals surface area (Å²) >= 11 is 2.02. The van der Waals surface area contributed by atoms with Crippen molar-refractivity contribution in [3.05, 3.63) is 28.8 Å². The number of benzene rings is 1. The molecule has 2 rings (SSSR count). The van der Waals surface area contributed by atoms with Gasteiger partial charge in [-0.05, 0) is 50.9 Å². The summed E-state index contributed by atoms with van der Waals surface area (Å²) in [6.07, 6.45) is 1.16. The minimum absolute atomic E-state index is 0.222. The van der Waals surface area contributed by atoms with Crippen LogP contribution in [0.2, 0.25) is 0 Å². The highest BCUT2D eigenvalue weighted by Gasteiger charge is 2.38. The molecule has 0 spiro atoms. The molecule has 0 saturated heterocycles. The second-order valence-electron chi connectivity index (χ2n) is 5.76. The van der Waals surface area contributed by atoms with Crippen LogP contribution in [0.25, 0.3) is 0 Å². The number of methoxy groups -OCH3 is 1. The molecule has 1 aromatic rings. The van der Waals surface area contributed by atoms with Crippen LogP contribution >= 0.6 is 11.8 Å². The first-order valence-corrected chi connectivity index (χ1v) is 8.03. The lowest BCUT2D eigenvalue weighted by molar-refractivity contribution is 0.400. The monoisotopic (exact) mass is 279 g/mol. The number of hydrogen-bond acceptors (Lipinski definition) is 3. The van der Waals surface area contributed by atoms with E-state index in [1.165, 1.54) is 16.7 Å². The molecule has 1 aliphatic rings. The zero-order chi connectivity index (χ0) is 14.0. The van der Waals surface area contributed by atoms with Gasteiger partial charge < -0.3 is 10.1 Å². The largest absolute Gasteiger partial charge is 0.496 e. The Balaban J connectivity index is 2.48. The van der Waals surface area contributed by atoms with E-state index in [0.29, 0.717) is 6.04 Å². The van der Waals surface area contributed by atoms with Crippen LogP contribution in [0.3, 0.4) is 0 Å². The summed E-state index contributed by atoms with van der Waals surface area (Å²) in [7, 11) is 1.77. The van der Waals surface area contributed by atoms with Crippen molar-refractivity contribution < 1.29 is 4.74 Å². The number of hydrogen-bond donors (Lipinski definition) is 1. The van der Waals surface area contributed by atoms with Crippen molar-refractivity contribution in [1.82, 2.24) is 5.32 Å². The zero-order valence-electron chi connectivity index (χ0n) is 12.7. The Hall–Kier alpha value is -0.670. The molecule has 106 valence electrons. The molecule has 0 fully saturated rings. The third-order valence-corrected chi connectivity index (χ3v) is 5.34. The number of aryl methyl sites for hydroxylation is 1. The summed E-state index contributed by atoms with van der Waals surface area (Å²) in [6, 6.07) is 4.69.